The summed E-state index contributed by atoms with van der Waals surface area (Å²) in [6.45, 7) is 7.62. The maximum Gasteiger partial charge on any atom is 0.0291 e. The van der Waals surface area contributed by atoms with Crippen LogP contribution in [0, 0.1) is 5.41 Å². The summed E-state index contributed by atoms with van der Waals surface area (Å²) in [6.07, 6.45) is 2.31. The van der Waals surface area contributed by atoms with Crippen molar-refractivity contribution in [2.45, 2.75) is 26.7 Å². The van der Waals surface area contributed by atoms with Crippen LogP contribution in [0.1, 0.15) is 26.7 Å². The number of hydrogen-bond donors (Lipinski definition) is 1. The molecule has 0 fully saturated rings. The van der Waals surface area contributed by atoms with Crippen LogP contribution in [0.3, 0.4) is 0 Å². The van der Waals surface area contributed by atoms with Gasteiger partial charge in [-0.2, -0.15) is 0 Å². The monoisotopic (exact) mass is 220 g/mol. The summed E-state index contributed by atoms with van der Waals surface area (Å²) in [6, 6.07) is 0. The lowest BCUT2D eigenvalue weighted by atomic mass is 9.84. The smallest absolute Gasteiger partial charge is 0.0291 e. The third kappa shape index (κ3) is 5.18. The highest BCUT2D eigenvalue weighted by molar-refractivity contribution is 6.18. The van der Waals surface area contributed by atoms with Gasteiger partial charge in [-0.1, -0.05) is 13.8 Å². The molecular formula is C11H25ClN2. The lowest BCUT2D eigenvalue weighted by Gasteiger charge is -2.29. The van der Waals surface area contributed by atoms with Gasteiger partial charge in [0.05, 0.1) is 0 Å². The van der Waals surface area contributed by atoms with Crippen molar-refractivity contribution in [1.82, 2.24) is 10.2 Å². The molecule has 0 rings (SSSR count). The Morgan fingerprint density at radius 1 is 1.21 bits per heavy atom. The fraction of sp³-hybridized carbons (Fsp3) is 1.00. The highest BCUT2D eigenvalue weighted by atomic mass is 35.5. The molecule has 14 heavy (non-hydrogen) atoms. The van der Waals surface area contributed by atoms with E-state index in [4.69, 9.17) is 11.6 Å². The molecule has 0 spiro atoms. The van der Waals surface area contributed by atoms with Crippen LogP contribution in [0.5, 0.6) is 0 Å². The first-order valence-electron chi connectivity index (χ1n) is 5.51. The molecule has 0 atom stereocenters. The second-order valence-corrected chi connectivity index (χ2v) is 4.59. The predicted molar refractivity (Wildman–Crippen MR) is 65.2 cm³/mol. The average Bonchev–Trinajstić information content (AvgIpc) is 2.19. The molecule has 2 nitrogen and oxygen atoms in total. The molecule has 86 valence electrons. The molecule has 0 aliphatic heterocycles. The first kappa shape index (κ1) is 14.2. The van der Waals surface area contributed by atoms with E-state index < -0.39 is 0 Å². The van der Waals surface area contributed by atoms with E-state index in [2.05, 4.69) is 38.2 Å². The predicted octanol–water partition coefficient (Wildman–Crippen LogP) is 2.18. The van der Waals surface area contributed by atoms with Crippen LogP contribution in [0.15, 0.2) is 0 Å². The molecule has 0 aromatic rings. The van der Waals surface area contributed by atoms with Gasteiger partial charge >= 0.3 is 0 Å². The second-order valence-electron chi connectivity index (χ2n) is 4.32. The van der Waals surface area contributed by atoms with Gasteiger partial charge in [0.2, 0.25) is 0 Å². The number of nitrogens with zero attached hydrogens (tertiary/aromatic N) is 1. The molecule has 3 heteroatoms. The van der Waals surface area contributed by atoms with Crippen LogP contribution in [0.25, 0.3) is 0 Å². The Hall–Kier alpha value is 0.210. The third-order valence-electron chi connectivity index (χ3n) is 3.02. The quantitative estimate of drug-likeness (QED) is 0.499. The standard InChI is InChI=1S/C11H25ClN2/c1-5-11(6-2,9-12)10-13-7-8-14(3)4/h13H,5-10H2,1-4H3. The minimum absolute atomic E-state index is 0.299. The normalized spacial score (nSPS) is 12.4. The first-order valence-corrected chi connectivity index (χ1v) is 6.05. The van der Waals surface area contributed by atoms with Gasteiger partial charge in [0, 0.05) is 25.5 Å². The minimum atomic E-state index is 0.299. The van der Waals surface area contributed by atoms with Crippen LogP contribution in [-0.2, 0) is 0 Å². The van der Waals surface area contributed by atoms with Crippen molar-refractivity contribution >= 4 is 11.6 Å². The summed E-state index contributed by atoms with van der Waals surface area (Å²) in [5.41, 5.74) is 0.299. The van der Waals surface area contributed by atoms with Gasteiger partial charge in [0.15, 0.2) is 0 Å². The van der Waals surface area contributed by atoms with E-state index in [0.717, 1.165) is 38.4 Å². The molecule has 0 aromatic carbocycles. The highest BCUT2D eigenvalue weighted by Gasteiger charge is 2.24. The summed E-state index contributed by atoms with van der Waals surface area (Å²) in [5, 5.41) is 3.48. The van der Waals surface area contributed by atoms with Crippen LogP contribution in [0.2, 0.25) is 0 Å². The molecule has 0 saturated heterocycles. The summed E-state index contributed by atoms with van der Waals surface area (Å²) < 4.78 is 0. The van der Waals surface area contributed by atoms with E-state index in [-0.39, 0.29) is 0 Å². The number of likely N-dealkylation sites (N-methyl/N-ethyl adjacent to an activating group) is 1. The molecular weight excluding hydrogens is 196 g/mol. The maximum absolute atomic E-state index is 6.02. The van der Waals surface area contributed by atoms with Crippen molar-refractivity contribution in [3.8, 4) is 0 Å². The summed E-state index contributed by atoms with van der Waals surface area (Å²) in [5.74, 6) is 0.759. The SMILES string of the molecule is CCC(CC)(CCl)CNCCN(C)C. The van der Waals surface area contributed by atoms with Crippen LogP contribution in [-0.4, -0.2) is 44.5 Å². The van der Waals surface area contributed by atoms with Crippen LogP contribution >= 0.6 is 11.6 Å². The van der Waals surface area contributed by atoms with Gasteiger partial charge in [-0.3, -0.25) is 0 Å². The zero-order chi connectivity index (χ0) is 11.0. The average molecular weight is 221 g/mol. The van der Waals surface area contributed by atoms with Gasteiger partial charge in [-0.05, 0) is 32.4 Å². The van der Waals surface area contributed by atoms with Crippen molar-refractivity contribution in [1.29, 1.82) is 0 Å². The largest absolute Gasteiger partial charge is 0.315 e. The fourth-order valence-corrected chi connectivity index (χ4v) is 1.86. The van der Waals surface area contributed by atoms with Gasteiger partial charge in [-0.25, -0.2) is 0 Å². The van der Waals surface area contributed by atoms with Crippen molar-refractivity contribution in [2.75, 3.05) is 39.6 Å². The number of nitrogens with one attached hydrogen (secondary N) is 1. The molecule has 0 aromatic heterocycles. The Bertz CT molecular complexity index is 125. The second kappa shape index (κ2) is 7.49. The summed E-state index contributed by atoms with van der Waals surface area (Å²) in [4.78, 5) is 2.19. The van der Waals surface area contributed by atoms with Crippen molar-refractivity contribution < 1.29 is 0 Å². The Morgan fingerprint density at radius 3 is 2.14 bits per heavy atom. The molecule has 1 N–H and O–H groups in total. The Balaban J connectivity index is 3.71. The van der Waals surface area contributed by atoms with E-state index in [0.29, 0.717) is 5.41 Å². The summed E-state index contributed by atoms with van der Waals surface area (Å²) in [7, 11) is 4.19. The van der Waals surface area contributed by atoms with Crippen LogP contribution < -0.4 is 5.32 Å². The van der Waals surface area contributed by atoms with Crippen molar-refractivity contribution in [3.63, 3.8) is 0 Å². The number of rotatable bonds is 8. The first-order chi connectivity index (χ1) is 6.60. The summed E-state index contributed by atoms with van der Waals surface area (Å²) >= 11 is 6.02. The zero-order valence-corrected chi connectivity index (χ0v) is 10.8. The van der Waals surface area contributed by atoms with Crippen LogP contribution in [0.4, 0.5) is 0 Å². The van der Waals surface area contributed by atoms with E-state index in [1.165, 1.54) is 0 Å². The molecule has 0 aliphatic carbocycles. The lowest BCUT2D eigenvalue weighted by Crippen LogP contribution is -2.37. The number of hydrogen-bond acceptors (Lipinski definition) is 2. The number of halogens is 1. The zero-order valence-electron chi connectivity index (χ0n) is 10.1. The topological polar surface area (TPSA) is 15.3 Å². The third-order valence-corrected chi connectivity index (χ3v) is 3.59. The van der Waals surface area contributed by atoms with Crippen molar-refractivity contribution in [3.05, 3.63) is 0 Å². The Labute approximate surface area is 94.0 Å². The number of alkyl halides is 1. The molecule has 0 unspecified atom stereocenters. The minimum Gasteiger partial charge on any atom is -0.315 e. The Kier molecular flexibility index (Phi) is 7.61. The van der Waals surface area contributed by atoms with E-state index in [9.17, 15) is 0 Å². The molecule has 0 bridgehead atoms. The fourth-order valence-electron chi connectivity index (χ4n) is 1.39. The maximum atomic E-state index is 6.02. The lowest BCUT2D eigenvalue weighted by molar-refractivity contribution is 0.279. The van der Waals surface area contributed by atoms with Crippen molar-refractivity contribution in [2.24, 2.45) is 5.41 Å². The van der Waals surface area contributed by atoms with E-state index in [1.807, 2.05) is 0 Å². The van der Waals surface area contributed by atoms with E-state index >= 15 is 0 Å². The molecule has 0 saturated carbocycles. The molecule has 0 radical (unpaired) electrons. The molecule has 0 aliphatic rings. The highest BCUT2D eigenvalue weighted by Crippen LogP contribution is 2.26. The molecule has 0 amide bonds. The van der Waals surface area contributed by atoms with E-state index in [1.54, 1.807) is 0 Å². The van der Waals surface area contributed by atoms with Gasteiger partial charge in [0.25, 0.3) is 0 Å². The molecule has 0 heterocycles. The van der Waals surface area contributed by atoms with Gasteiger partial charge in [0.1, 0.15) is 0 Å². The Morgan fingerprint density at radius 2 is 1.79 bits per heavy atom. The van der Waals surface area contributed by atoms with Gasteiger partial charge in [-0.15, -0.1) is 11.6 Å². The van der Waals surface area contributed by atoms with Gasteiger partial charge < -0.3 is 10.2 Å².